The van der Waals surface area contributed by atoms with Crippen molar-refractivity contribution in [2.24, 2.45) is 0 Å². The molecule has 0 spiro atoms. The van der Waals surface area contributed by atoms with E-state index in [4.69, 9.17) is 23.2 Å². The number of allylic oxidation sites excluding steroid dienone is 4. The van der Waals surface area contributed by atoms with Gasteiger partial charge in [0.25, 0.3) is 0 Å². The second-order valence-corrected chi connectivity index (χ2v) is 3.35. The molecule has 0 saturated heterocycles. The van der Waals surface area contributed by atoms with E-state index in [9.17, 15) is 0 Å². The van der Waals surface area contributed by atoms with Crippen LogP contribution in [0.3, 0.4) is 0 Å². The highest BCUT2D eigenvalue weighted by atomic mass is 35.5. The lowest BCUT2D eigenvalue weighted by molar-refractivity contribution is 0.936. The van der Waals surface area contributed by atoms with E-state index in [1.54, 1.807) is 0 Å². The fourth-order valence-electron chi connectivity index (χ4n) is 0.923. The van der Waals surface area contributed by atoms with Gasteiger partial charge in [0.15, 0.2) is 0 Å². The number of rotatable bonds is 0. The number of hydrogen-bond donors (Lipinski definition) is 0. The molecule has 1 aliphatic rings. The SMILES string of the molecule is ClC1=CCC/C=C(/Cl)CC1. The quantitative estimate of drug-likeness (QED) is 0.527. The van der Waals surface area contributed by atoms with Gasteiger partial charge in [0, 0.05) is 10.1 Å². The second-order valence-electron chi connectivity index (χ2n) is 2.38. The lowest BCUT2D eigenvalue weighted by Crippen LogP contribution is -1.82. The van der Waals surface area contributed by atoms with E-state index in [-0.39, 0.29) is 0 Å². The first-order valence-electron chi connectivity index (χ1n) is 3.48. The summed E-state index contributed by atoms with van der Waals surface area (Å²) >= 11 is 11.7. The van der Waals surface area contributed by atoms with E-state index in [2.05, 4.69) is 12.2 Å². The van der Waals surface area contributed by atoms with E-state index in [1.807, 2.05) is 0 Å². The van der Waals surface area contributed by atoms with Gasteiger partial charge >= 0.3 is 0 Å². The van der Waals surface area contributed by atoms with Crippen molar-refractivity contribution in [2.45, 2.75) is 25.7 Å². The van der Waals surface area contributed by atoms with Crippen LogP contribution in [-0.4, -0.2) is 0 Å². The average molecular weight is 177 g/mol. The van der Waals surface area contributed by atoms with Gasteiger partial charge in [-0.25, -0.2) is 0 Å². The molecule has 0 amide bonds. The standard InChI is InChI=1S/C8H10Cl2/c9-7-3-1-2-4-8(10)6-5-7/h3-4H,1-2,5-6H2/b7-3+,8-4?. The minimum Gasteiger partial charge on any atom is -0.0895 e. The monoisotopic (exact) mass is 176 g/mol. The van der Waals surface area contributed by atoms with Crippen molar-refractivity contribution in [1.82, 2.24) is 0 Å². The molecule has 0 aromatic carbocycles. The van der Waals surface area contributed by atoms with E-state index >= 15 is 0 Å². The van der Waals surface area contributed by atoms with Gasteiger partial charge in [0.05, 0.1) is 0 Å². The van der Waals surface area contributed by atoms with Crippen molar-refractivity contribution in [3.05, 3.63) is 22.2 Å². The van der Waals surface area contributed by atoms with Crippen LogP contribution < -0.4 is 0 Å². The van der Waals surface area contributed by atoms with Crippen LogP contribution in [0.4, 0.5) is 0 Å². The lowest BCUT2D eigenvalue weighted by Gasteiger charge is -2.02. The normalized spacial score (nSPS) is 25.8. The molecule has 0 radical (unpaired) electrons. The third kappa shape index (κ3) is 2.76. The fourth-order valence-corrected chi connectivity index (χ4v) is 1.33. The van der Waals surface area contributed by atoms with E-state index in [0.29, 0.717) is 0 Å². The summed E-state index contributed by atoms with van der Waals surface area (Å²) in [6, 6.07) is 0. The zero-order valence-corrected chi connectivity index (χ0v) is 7.25. The molecule has 0 aromatic rings. The first-order valence-corrected chi connectivity index (χ1v) is 4.23. The molecule has 2 heteroatoms. The molecule has 0 unspecified atom stereocenters. The first-order chi connectivity index (χ1) is 4.79. The number of halogens is 2. The molecule has 0 saturated carbocycles. The van der Waals surface area contributed by atoms with Gasteiger partial charge < -0.3 is 0 Å². The van der Waals surface area contributed by atoms with Crippen molar-refractivity contribution in [1.29, 1.82) is 0 Å². The smallest absolute Gasteiger partial charge is 0.0144 e. The highest BCUT2D eigenvalue weighted by Crippen LogP contribution is 2.21. The van der Waals surface area contributed by atoms with E-state index in [1.165, 1.54) is 0 Å². The zero-order valence-electron chi connectivity index (χ0n) is 5.74. The summed E-state index contributed by atoms with van der Waals surface area (Å²) in [4.78, 5) is 0. The van der Waals surface area contributed by atoms with Gasteiger partial charge in [-0.05, 0) is 25.7 Å². The van der Waals surface area contributed by atoms with Gasteiger partial charge in [-0.15, -0.1) is 0 Å². The lowest BCUT2D eigenvalue weighted by atomic mass is 10.1. The van der Waals surface area contributed by atoms with Crippen LogP contribution in [0, 0.1) is 0 Å². The molecule has 0 nitrogen and oxygen atoms in total. The maximum Gasteiger partial charge on any atom is 0.0144 e. The number of hydrogen-bond acceptors (Lipinski definition) is 0. The fraction of sp³-hybridized carbons (Fsp3) is 0.500. The van der Waals surface area contributed by atoms with Crippen molar-refractivity contribution >= 4 is 23.2 Å². The Morgan fingerprint density at radius 3 is 1.70 bits per heavy atom. The molecule has 1 rings (SSSR count). The predicted molar refractivity (Wildman–Crippen MR) is 46.3 cm³/mol. The molecular weight excluding hydrogens is 167 g/mol. The molecule has 10 heavy (non-hydrogen) atoms. The van der Waals surface area contributed by atoms with Crippen LogP contribution in [0.1, 0.15) is 25.7 Å². The van der Waals surface area contributed by atoms with Gasteiger partial charge in [0.2, 0.25) is 0 Å². The van der Waals surface area contributed by atoms with Crippen LogP contribution in [0.15, 0.2) is 22.2 Å². The van der Waals surface area contributed by atoms with Crippen LogP contribution in [0.5, 0.6) is 0 Å². The third-order valence-corrected chi connectivity index (χ3v) is 2.19. The first kappa shape index (κ1) is 8.16. The van der Waals surface area contributed by atoms with Gasteiger partial charge in [0.1, 0.15) is 0 Å². The molecule has 0 aliphatic heterocycles. The Balaban J connectivity index is 2.49. The Morgan fingerprint density at radius 1 is 0.900 bits per heavy atom. The van der Waals surface area contributed by atoms with Crippen molar-refractivity contribution in [2.75, 3.05) is 0 Å². The molecule has 0 N–H and O–H groups in total. The summed E-state index contributed by atoms with van der Waals surface area (Å²) in [5.74, 6) is 0. The van der Waals surface area contributed by atoms with Gasteiger partial charge in [-0.2, -0.15) is 0 Å². The summed E-state index contributed by atoms with van der Waals surface area (Å²) in [5, 5.41) is 1.90. The van der Waals surface area contributed by atoms with Crippen molar-refractivity contribution in [3.63, 3.8) is 0 Å². The Bertz CT molecular complexity index is 148. The van der Waals surface area contributed by atoms with Crippen LogP contribution in [0.2, 0.25) is 0 Å². The van der Waals surface area contributed by atoms with E-state index in [0.717, 1.165) is 35.7 Å². The van der Waals surface area contributed by atoms with Crippen molar-refractivity contribution in [3.8, 4) is 0 Å². The molecule has 56 valence electrons. The summed E-state index contributed by atoms with van der Waals surface area (Å²) in [5.41, 5.74) is 0. The van der Waals surface area contributed by atoms with Gasteiger partial charge in [-0.1, -0.05) is 35.4 Å². The van der Waals surface area contributed by atoms with Gasteiger partial charge in [-0.3, -0.25) is 0 Å². The molecule has 1 aliphatic carbocycles. The summed E-state index contributed by atoms with van der Waals surface area (Å²) < 4.78 is 0. The van der Waals surface area contributed by atoms with Crippen molar-refractivity contribution < 1.29 is 0 Å². The maximum absolute atomic E-state index is 5.83. The average Bonchev–Trinajstić information content (AvgIpc) is 1.90. The molecule has 0 heterocycles. The molecule has 0 bridgehead atoms. The van der Waals surface area contributed by atoms with Crippen LogP contribution in [-0.2, 0) is 0 Å². The molecule has 0 fully saturated rings. The highest BCUT2D eigenvalue weighted by molar-refractivity contribution is 6.31. The largest absolute Gasteiger partial charge is 0.0895 e. The second kappa shape index (κ2) is 4.05. The Kier molecular flexibility index (Phi) is 3.30. The summed E-state index contributed by atoms with van der Waals surface area (Å²) in [6.07, 6.45) is 7.99. The van der Waals surface area contributed by atoms with E-state index < -0.39 is 0 Å². The molecule has 0 atom stereocenters. The Labute approximate surface area is 71.5 Å². The summed E-state index contributed by atoms with van der Waals surface area (Å²) in [7, 11) is 0. The Hall–Kier alpha value is 0.0600. The topological polar surface area (TPSA) is 0 Å². The van der Waals surface area contributed by atoms with Crippen LogP contribution >= 0.6 is 23.2 Å². The maximum atomic E-state index is 5.83. The zero-order chi connectivity index (χ0) is 7.40. The Morgan fingerprint density at radius 2 is 1.30 bits per heavy atom. The predicted octanol–water partition coefficient (Wildman–Crippen LogP) is 3.81. The summed E-state index contributed by atoms with van der Waals surface area (Å²) in [6.45, 7) is 0. The third-order valence-electron chi connectivity index (χ3n) is 1.50. The van der Waals surface area contributed by atoms with Crippen LogP contribution in [0.25, 0.3) is 0 Å². The molecule has 0 aromatic heterocycles. The highest BCUT2D eigenvalue weighted by Gasteiger charge is 1.99. The minimum atomic E-state index is 0.900. The molecular formula is C8H10Cl2. The minimum absolute atomic E-state index is 0.900.